The number of aliphatic imine (C=N–C) groups is 1. The third-order valence-corrected chi connectivity index (χ3v) is 5.17. The van der Waals surface area contributed by atoms with Gasteiger partial charge < -0.3 is 10.2 Å². The van der Waals surface area contributed by atoms with Gasteiger partial charge in [-0.3, -0.25) is 4.99 Å². The number of hydrogen-bond donors (Lipinski definition) is 1. The third kappa shape index (κ3) is 3.06. The van der Waals surface area contributed by atoms with Crippen molar-refractivity contribution in [1.29, 1.82) is 0 Å². The molecule has 3 heteroatoms. The molecule has 19 heavy (non-hydrogen) atoms. The Labute approximate surface area is 117 Å². The topological polar surface area (TPSA) is 27.6 Å². The molecule has 2 saturated carbocycles. The zero-order valence-electron chi connectivity index (χ0n) is 12.6. The maximum atomic E-state index is 5.00. The minimum Gasteiger partial charge on any atom is -0.357 e. The van der Waals surface area contributed by atoms with Crippen LogP contribution in [0.5, 0.6) is 0 Å². The molecule has 0 aromatic heterocycles. The molecule has 1 aliphatic heterocycles. The van der Waals surface area contributed by atoms with E-state index in [1.165, 1.54) is 57.6 Å². The van der Waals surface area contributed by atoms with Gasteiger partial charge in [-0.1, -0.05) is 6.92 Å². The molecule has 2 aliphatic carbocycles. The summed E-state index contributed by atoms with van der Waals surface area (Å²) in [5.41, 5.74) is 0.627. The maximum Gasteiger partial charge on any atom is 0.193 e. The quantitative estimate of drug-likeness (QED) is 0.624. The van der Waals surface area contributed by atoms with Gasteiger partial charge in [0.15, 0.2) is 5.96 Å². The van der Waals surface area contributed by atoms with E-state index in [-0.39, 0.29) is 0 Å². The second kappa shape index (κ2) is 5.34. The summed E-state index contributed by atoms with van der Waals surface area (Å²) in [7, 11) is 0. The van der Waals surface area contributed by atoms with Crippen LogP contribution < -0.4 is 5.32 Å². The molecular weight excluding hydrogens is 234 g/mol. The molecule has 0 bridgehead atoms. The van der Waals surface area contributed by atoms with Gasteiger partial charge in [0.2, 0.25) is 0 Å². The van der Waals surface area contributed by atoms with Crippen molar-refractivity contribution in [3.63, 3.8) is 0 Å². The van der Waals surface area contributed by atoms with Crippen LogP contribution in [0.25, 0.3) is 0 Å². The van der Waals surface area contributed by atoms with Crippen LogP contribution in [0.3, 0.4) is 0 Å². The smallest absolute Gasteiger partial charge is 0.193 e. The van der Waals surface area contributed by atoms with Gasteiger partial charge >= 0.3 is 0 Å². The predicted molar refractivity (Wildman–Crippen MR) is 80.3 cm³/mol. The minimum atomic E-state index is 0.627. The fraction of sp³-hybridized carbons (Fsp3) is 0.938. The van der Waals surface area contributed by atoms with E-state index >= 15 is 0 Å². The lowest BCUT2D eigenvalue weighted by atomic mass is 10.0. The lowest BCUT2D eigenvalue weighted by Crippen LogP contribution is -2.46. The average Bonchev–Trinajstić information content (AvgIpc) is 3.27. The number of nitrogens with one attached hydrogen (secondary N) is 1. The monoisotopic (exact) mass is 263 g/mol. The Morgan fingerprint density at radius 2 is 2.11 bits per heavy atom. The van der Waals surface area contributed by atoms with Crippen LogP contribution >= 0.6 is 0 Å². The molecule has 1 atom stereocenters. The van der Waals surface area contributed by atoms with Crippen molar-refractivity contribution in [3.8, 4) is 0 Å². The van der Waals surface area contributed by atoms with E-state index < -0.39 is 0 Å². The van der Waals surface area contributed by atoms with Gasteiger partial charge in [-0.05, 0) is 62.7 Å². The van der Waals surface area contributed by atoms with Crippen molar-refractivity contribution in [3.05, 3.63) is 0 Å². The van der Waals surface area contributed by atoms with Gasteiger partial charge in [0.05, 0.1) is 0 Å². The second-order valence-corrected chi connectivity index (χ2v) is 7.00. The number of hydrogen-bond acceptors (Lipinski definition) is 1. The number of nitrogens with zero attached hydrogens (tertiary/aromatic N) is 2. The van der Waals surface area contributed by atoms with Crippen molar-refractivity contribution in [2.24, 2.45) is 22.2 Å². The molecule has 1 unspecified atom stereocenters. The first kappa shape index (κ1) is 13.3. The van der Waals surface area contributed by atoms with Crippen molar-refractivity contribution in [2.75, 3.05) is 26.2 Å². The first-order valence-electron chi connectivity index (χ1n) is 8.27. The van der Waals surface area contributed by atoms with Crippen LogP contribution in [-0.2, 0) is 0 Å². The van der Waals surface area contributed by atoms with Crippen LogP contribution in [0.4, 0.5) is 0 Å². The van der Waals surface area contributed by atoms with Crippen LogP contribution in [0.2, 0.25) is 0 Å². The lowest BCUT2D eigenvalue weighted by Gasteiger charge is -2.33. The molecule has 0 radical (unpaired) electrons. The van der Waals surface area contributed by atoms with Crippen molar-refractivity contribution in [2.45, 2.75) is 52.4 Å². The van der Waals surface area contributed by atoms with Crippen LogP contribution in [0.1, 0.15) is 52.4 Å². The Bertz CT molecular complexity index is 342. The Morgan fingerprint density at radius 3 is 2.68 bits per heavy atom. The van der Waals surface area contributed by atoms with Gasteiger partial charge in [0, 0.05) is 26.2 Å². The molecule has 0 spiro atoms. The van der Waals surface area contributed by atoms with E-state index in [1.54, 1.807) is 0 Å². The molecule has 1 heterocycles. The highest BCUT2D eigenvalue weighted by Crippen LogP contribution is 2.61. The Kier molecular flexibility index (Phi) is 3.72. The molecule has 3 rings (SSSR count). The van der Waals surface area contributed by atoms with Crippen LogP contribution in [-0.4, -0.2) is 37.0 Å². The van der Waals surface area contributed by atoms with E-state index in [4.69, 9.17) is 4.99 Å². The predicted octanol–water partition coefficient (Wildman–Crippen LogP) is 2.87. The van der Waals surface area contributed by atoms with Gasteiger partial charge in [-0.15, -0.1) is 0 Å². The highest BCUT2D eigenvalue weighted by atomic mass is 15.3. The Morgan fingerprint density at radius 1 is 1.32 bits per heavy atom. The summed E-state index contributed by atoms with van der Waals surface area (Å²) < 4.78 is 0. The van der Waals surface area contributed by atoms with Crippen LogP contribution in [0, 0.1) is 17.3 Å². The molecule has 3 nitrogen and oxygen atoms in total. The van der Waals surface area contributed by atoms with E-state index in [2.05, 4.69) is 24.1 Å². The van der Waals surface area contributed by atoms with Crippen molar-refractivity contribution >= 4 is 5.96 Å². The largest absolute Gasteiger partial charge is 0.357 e. The first-order valence-corrected chi connectivity index (χ1v) is 8.27. The molecule has 0 aromatic carbocycles. The molecule has 1 N–H and O–H groups in total. The van der Waals surface area contributed by atoms with Crippen LogP contribution in [0.15, 0.2) is 4.99 Å². The second-order valence-electron chi connectivity index (χ2n) is 7.00. The minimum absolute atomic E-state index is 0.627. The zero-order chi connectivity index (χ0) is 13.3. The highest BCUT2D eigenvalue weighted by molar-refractivity contribution is 5.80. The molecule has 3 fully saturated rings. The Hall–Kier alpha value is -0.730. The average molecular weight is 263 g/mol. The standard InChI is InChI=1S/C16H29N3/c1-3-17-15(19-10-4-5-13(2)11-19)18-12-16(8-9-16)14-6-7-14/h13-14H,3-12H2,1-2H3,(H,17,18). The van der Waals surface area contributed by atoms with E-state index in [1.807, 2.05) is 0 Å². The summed E-state index contributed by atoms with van der Waals surface area (Å²) >= 11 is 0. The fourth-order valence-electron chi connectivity index (χ4n) is 3.59. The molecule has 108 valence electrons. The van der Waals surface area contributed by atoms with Gasteiger partial charge in [0.25, 0.3) is 0 Å². The summed E-state index contributed by atoms with van der Waals surface area (Å²) in [6.45, 7) is 8.97. The number of guanidine groups is 1. The van der Waals surface area contributed by atoms with Gasteiger partial charge in [-0.25, -0.2) is 0 Å². The number of likely N-dealkylation sites (tertiary alicyclic amines) is 1. The van der Waals surface area contributed by atoms with Crippen molar-refractivity contribution < 1.29 is 0 Å². The molecule has 3 aliphatic rings. The summed E-state index contributed by atoms with van der Waals surface area (Å²) in [5.74, 6) is 3.01. The molecular formula is C16H29N3. The zero-order valence-corrected chi connectivity index (χ0v) is 12.6. The third-order valence-electron chi connectivity index (χ3n) is 5.17. The lowest BCUT2D eigenvalue weighted by molar-refractivity contribution is 0.265. The summed E-state index contributed by atoms with van der Waals surface area (Å²) in [4.78, 5) is 7.49. The number of piperidine rings is 1. The summed E-state index contributed by atoms with van der Waals surface area (Å²) in [6, 6.07) is 0. The van der Waals surface area contributed by atoms with E-state index in [0.29, 0.717) is 5.41 Å². The fourth-order valence-corrected chi connectivity index (χ4v) is 3.59. The van der Waals surface area contributed by atoms with Gasteiger partial charge in [-0.2, -0.15) is 0 Å². The number of rotatable bonds is 4. The normalized spacial score (nSPS) is 30.3. The van der Waals surface area contributed by atoms with Gasteiger partial charge in [0.1, 0.15) is 0 Å². The Balaban J connectivity index is 1.62. The first-order chi connectivity index (χ1) is 9.23. The SMILES string of the molecule is CCNC(=NCC1(C2CC2)CC1)N1CCCC(C)C1. The summed E-state index contributed by atoms with van der Waals surface area (Å²) in [6.07, 6.45) is 8.48. The van der Waals surface area contributed by atoms with Crippen molar-refractivity contribution in [1.82, 2.24) is 10.2 Å². The molecule has 0 aromatic rings. The molecule has 0 amide bonds. The van der Waals surface area contributed by atoms with E-state index in [9.17, 15) is 0 Å². The molecule has 1 saturated heterocycles. The highest BCUT2D eigenvalue weighted by Gasteiger charge is 2.53. The van der Waals surface area contributed by atoms with E-state index in [0.717, 1.165) is 24.9 Å². The summed E-state index contributed by atoms with van der Waals surface area (Å²) in [5, 5.41) is 3.51. The maximum absolute atomic E-state index is 5.00.